The second-order valence-electron chi connectivity index (χ2n) is 7.10. The topological polar surface area (TPSA) is 87.1 Å². The number of nitrogens with one attached hydrogen (secondary N) is 1. The molecule has 0 aliphatic carbocycles. The smallest absolute Gasteiger partial charge is 0.369 e. The minimum Gasteiger partial charge on any atom is -0.369 e. The molecule has 33 heavy (non-hydrogen) atoms. The molecule has 2 aromatic heterocycles. The van der Waals surface area contributed by atoms with Crippen LogP contribution in [0.5, 0.6) is 0 Å². The molecule has 0 bridgehead atoms. The summed E-state index contributed by atoms with van der Waals surface area (Å²) in [5, 5.41) is 8.75. The number of aromatic nitrogens is 4. The van der Waals surface area contributed by atoms with Crippen LogP contribution in [0.2, 0.25) is 5.15 Å². The average molecular weight is 498 g/mol. The van der Waals surface area contributed by atoms with Crippen molar-refractivity contribution in [1.29, 1.82) is 0 Å². The molecule has 0 radical (unpaired) electrons. The van der Waals surface area contributed by atoms with Gasteiger partial charge in [0, 0.05) is 51.5 Å². The Balaban J connectivity index is 1.42. The second kappa shape index (κ2) is 9.93. The summed E-state index contributed by atoms with van der Waals surface area (Å²) in [4.78, 5) is 23.1. The standard InChI is InChI=1S/C18H18ClF6N7O/c19-15-12(18(23,24)25)8-13(29-30-15)26-3-1-2-14(33)31-4-6-32(7-5-31)16-27-9-11(10-28-16)17(20,21)22/h8-10H,1-7H2,(H,26,29). The molecule has 3 heterocycles. The Hall–Kier alpha value is -2.90. The summed E-state index contributed by atoms with van der Waals surface area (Å²) >= 11 is 5.42. The number of hydrogen-bond donors (Lipinski definition) is 1. The Morgan fingerprint density at radius 1 is 1.00 bits per heavy atom. The Labute approximate surface area is 189 Å². The molecule has 1 aliphatic rings. The number of nitrogens with zero attached hydrogens (tertiary/aromatic N) is 6. The zero-order valence-electron chi connectivity index (χ0n) is 16.9. The minimum absolute atomic E-state index is 0.107. The molecule has 0 unspecified atom stereocenters. The lowest BCUT2D eigenvalue weighted by Gasteiger charge is -2.34. The first kappa shape index (κ1) is 24.7. The molecule has 2 aromatic rings. The lowest BCUT2D eigenvalue weighted by atomic mass is 10.2. The molecule has 1 amide bonds. The SMILES string of the molecule is O=C(CCCNc1cc(C(F)(F)F)c(Cl)nn1)N1CCN(c2ncc(C(F)(F)F)cn2)CC1. The van der Waals surface area contributed by atoms with Crippen LogP contribution in [-0.2, 0) is 17.1 Å². The third-order valence-corrected chi connectivity index (χ3v) is 5.09. The fourth-order valence-corrected chi connectivity index (χ4v) is 3.26. The summed E-state index contributed by atoms with van der Waals surface area (Å²) in [6.45, 7) is 1.59. The van der Waals surface area contributed by atoms with Gasteiger partial charge in [-0.05, 0) is 12.5 Å². The number of carbonyl (C=O) groups is 1. The van der Waals surface area contributed by atoms with Gasteiger partial charge in [-0.15, -0.1) is 10.2 Å². The van der Waals surface area contributed by atoms with Crippen molar-refractivity contribution in [3.05, 3.63) is 34.7 Å². The van der Waals surface area contributed by atoms with Crippen molar-refractivity contribution < 1.29 is 31.1 Å². The van der Waals surface area contributed by atoms with Gasteiger partial charge in [-0.1, -0.05) is 11.6 Å². The van der Waals surface area contributed by atoms with Crippen LogP contribution in [0.15, 0.2) is 18.5 Å². The van der Waals surface area contributed by atoms with Gasteiger partial charge in [0.2, 0.25) is 11.9 Å². The van der Waals surface area contributed by atoms with Gasteiger partial charge >= 0.3 is 12.4 Å². The van der Waals surface area contributed by atoms with E-state index < -0.39 is 28.6 Å². The van der Waals surface area contributed by atoms with Gasteiger partial charge in [0.15, 0.2) is 5.15 Å². The largest absolute Gasteiger partial charge is 0.419 e. The van der Waals surface area contributed by atoms with Crippen molar-refractivity contribution in [1.82, 2.24) is 25.1 Å². The summed E-state index contributed by atoms with van der Waals surface area (Å²) in [5.41, 5.74) is -2.04. The fourth-order valence-electron chi connectivity index (χ4n) is 3.06. The Morgan fingerprint density at radius 2 is 1.64 bits per heavy atom. The quantitative estimate of drug-likeness (QED) is 0.483. The maximum atomic E-state index is 12.8. The molecule has 1 aliphatic heterocycles. The normalized spacial score (nSPS) is 15.0. The van der Waals surface area contributed by atoms with Gasteiger partial charge in [-0.25, -0.2) is 9.97 Å². The van der Waals surface area contributed by atoms with Crippen LogP contribution in [-0.4, -0.2) is 63.7 Å². The van der Waals surface area contributed by atoms with Crippen molar-refractivity contribution in [3.8, 4) is 0 Å². The molecule has 8 nitrogen and oxygen atoms in total. The van der Waals surface area contributed by atoms with Crippen LogP contribution in [0.1, 0.15) is 24.0 Å². The molecule has 1 fully saturated rings. The number of carbonyl (C=O) groups excluding carboxylic acids is 1. The van der Waals surface area contributed by atoms with Crippen molar-refractivity contribution in [2.24, 2.45) is 0 Å². The molecule has 3 rings (SSSR count). The van der Waals surface area contributed by atoms with E-state index in [9.17, 15) is 31.1 Å². The third kappa shape index (κ3) is 6.55. The molecule has 0 atom stereocenters. The maximum Gasteiger partial charge on any atom is 0.419 e. The maximum absolute atomic E-state index is 12.8. The molecule has 1 saturated heterocycles. The van der Waals surface area contributed by atoms with Crippen LogP contribution >= 0.6 is 11.6 Å². The average Bonchev–Trinajstić information content (AvgIpc) is 2.76. The van der Waals surface area contributed by atoms with Gasteiger partial charge in [0.05, 0.1) is 11.1 Å². The second-order valence-corrected chi connectivity index (χ2v) is 7.46. The Bertz CT molecular complexity index is 962. The molecule has 0 aromatic carbocycles. The highest BCUT2D eigenvalue weighted by Gasteiger charge is 2.35. The van der Waals surface area contributed by atoms with Crippen molar-refractivity contribution in [3.63, 3.8) is 0 Å². The van der Waals surface area contributed by atoms with Crippen LogP contribution in [0, 0.1) is 0 Å². The highest BCUT2D eigenvalue weighted by molar-refractivity contribution is 6.30. The van der Waals surface area contributed by atoms with E-state index in [2.05, 4.69) is 25.5 Å². The van der Waals surface area contributed by atoms with Crippen LogP contribution < -0.4 is 10.2 Å². The predicted molar refractivity (Wildman–Crippen MR) is 106 cm³/mol. The first-order valence-electron chi connectivity index (χ1n) is 9.71. The van der Waals surface area contributed by atoms with Gasteiger partial charge in [0.1, 0.15) is 5.82 Å². The van der Waals surface area contributed by atoms with Crippen molar-refractivity contribution >= 4 is 29.3 Å². The van der Waals surface area contributed by atoms with E-state index in [1.165, 1.54) is 0 Å². The number of anilines is 2. The lowest BCUT2D eigenvalue weighted by Crippen LogP contribution is -2.49. The van der Waals surface area contributed by atoms with Crippen LogP contribution in [0.3, 0.4) is 0 Å². The fraction of sp³-hybridized carbons (Fsp3) is 0.500. The van der Waals surface area contributed by atoms with Crippen LogP contribution in [0.25, 0.3) is 0 Å². The highest BCUT2D eigenvalue weighted by atomic mass is 35.5. The van der Waals surface area contributed by atoms with Gasteiger partial charge in [-0.2, -0.15) is 26.3 Å². The molecule has 180 valence electrons. The summed E-state index contributed by atoms with van der Waals surface area (Å²) in [7, 11) is 0. The molecule has 15 heteroatoms. The zero-order valence-corrected chi connectivity index (χ0v) is 17.7. The number of amides is 1. The predicted octanol–water partition coefficient (Wildman–Crippen LogP) is 3.50. The highest BCUT2D eigenvalue weighted by Crippen LogP contribution is 2.34. The Morgan fingerprint density at radius 3 is 2.21 bits per heavy atom. The van der Waals surface area contributed by atoms with E-state index in [0.717, 1.165) is 18.5 Å². The van der Waals surface area contributed by atoms with Gasteiger partial charge in [0.25, 0.3) is 0 Å². The van der Waals surface area contributed by atoms with E-state index in [0.29, 0.717) is 32.6 Å². The molecular formula is C18H18ClF6N7O. The number of hydrogen-bond acceptors (Lipinski definition) is 7. The van der Waals surface area contributed by atoms with E-state index in [4.69, 9.17) is 11.6 Å². The minimum atomic E-state index is -4.66. The van der Waals surface area contributed by atoms with E-state index in [1.54, 1.807) is 9.80 Å². The monoisotopic (exact) mass is 497 g/mol. The molecule has 0 saturated carbocycles. The number of piperazine rings is 1. The summed E-state index contributed by atoms with van der Waals surface area (Å²) in [6, 6.07) is 0.750. The van der Waals surface area contributed by atoms with Crippen molar-refractivity contribution in [2.45, 2.75) is 25.2 Å². The summed E-state index contributed by atoms with van der Waals surface area (Å²) < 4.78 is 76.4. The summed E-state index contributed by atoms with van der Waals surface area (Å²) in [5.74, 6) is -0.103. The van der Waals surface area contributed by atoms with Gasteiger partial charge < -0.3 is 15.1 Å². The number of alkyl halides is 6. The van der Waals surface area contributed by atoms with E-state index >= 15 is 0 Å². The number of rotatable bonds is 6. The Kier molecular flexibility index (Phi) is 7.44. The number of halogens is 7. The zero-order chi connectivity index (χ0) is 24.2. The molecule has 0 spiro atoms. The van der Waals surface area contributed by atoms with E-state index in [1.807, 2.05) is 0 Å². The van der Waals surface area contributed by atoms with E-state index in [-0.39, 0.29) is 30.6 Å². The first-order chi connectivity index (χ1) is 15.4. The lowest BCUT2D eigenvalue weighted by molar-refractivity contribution is -0.138. The summed E-state index contributed by atoms with van der Waals surface area (Å²) in [6.07, 6.45) is -7.25. The van der Waals surface area contributed by atoms with Crippen LogP contribution in [0.4, 0.5) is 38.1 Å². The van der Waals surface area contributed by atoms with Crippen molar-refractivity contribution in [2.75, 3.05) is 42.9 Å². The molecule has 1 N–H and O–H groups in total. The first-order valence-corrected chi connectivity index (χ1v) is 10.1. The third-order valence-electron chi connectivity index (χ3n) is 4.81. The van der Waals surface area contributed by atoms with Gasteiger partial charge in [-0.3, -0.25) is 4.79 Å². The molecular weight excluding hydrogens is 480 g/mol.